The van der Waals surface area contributed by atoms with Gasteiger partial charge >= 0.3 is 5.69 Å². The van der Waals surface area contributed by atoms with Crippen LogP contribution in [0.2, 0.25) is 0 Å². The number of ether oxygens (including phenoxy) is 1. The normalized spacial score (nSPS) is 16.4. The number of nitrogens with zero attached hydrogens (tertiary/aromatic N) is 5. The van der Waals surface area contributed by atoms with Gasteiger partial charge in [-0.3, -0.25) is 13.9 Å². The Morgan fingerprint density at radius 1 is 1.03 bits per heavy atom. The summed E-state index contributed by atoms with van der Waals surface area (Å²) in [6.07, 6.45) is 9.63. The lowest BCUT2D eigenvalue weighted by atomic mass is 10.1. The summed E-state index contributed by atoms with van der Waals surface area (Å²) >= 11 is 0. The molecule has 0 amide bonds. The third-order valence-electron chi connectivity index (χ3n) is 6.75. The second-order valence-electron chi connectivity index (χ2n) is 8.88. The number of allylic oxidation sites excluding steroid dienone is 2. The van der Waals surface area contributed by atoms with E-state index >= 15 is 0 Å². The fourth-order valence-corrected chi connectivity index (χ4v) is 4.68. The quantitative estimate of drug-likeness (QED) is 0.540. The van der Waals surface area contributed by atoms with Gasteiger partial charge in [-0.15, -0.1) is 0 Å². The van der Waals surface area contributed by atoms with Crippen LogP contribution < -0.4 is 16.0 Å². The molecule has 8 nitrogen and oxygen atoms in total. The first-order valence-corrected chi connectivity index (χ1v) is 12.1. The monoisotopic (exact) mass is 461 g/mol. The Labute approximate surface area is 198 Å². The predicted molar refractivity (Wildman–Crippen MR) is 134 cm³/mol. The molecule has 1 aromatic carbocycles. The maximum atomic E-state index is 12.9. The number of benzene rings is 1. The van der Waals surface area contributed by atoms with Gasteiger partial charge in [-0.05, 0) is 37.6 Å². The number of fused-ring (bicyclic) bond motifs is 1. The molecule has 2 aromatic heterocycles. The van der Waals surface area contributed by atoms with Crippen molar-refractivity contribution in [3.63, 3.8) is 0 Å². The van der Waals surface area contributed by atoms with Crippen LogP contribution in [0.3, 0.4) is 0 Å². The molecule has 2 aliphatic rings. The third-order valence-corrected chi connectivity index (χ3v) is 6.75. The van der Waals surface area contributed by atoms with Gasteiger partial charge in [0.1, 0.15) is 17.7 Å². The van der Waals surface area contributed by atoms with Crippen LogP contribution in [0.5, 0.6) is 5.75 Å². The lowest BCUT2D eigenvalue weighted by Crippen LogP contribution is -2.39. The van der Waals surface area contributed by atoms with E-state index in [1.165, 1.54) is 10.3 Å². The van der Waals surface area contributed by atoms with Crippen molar-refractivity contribution in [3.8, 4) is 5.75 Å². The average Bonchev–Trinajstić information content (AvgIpc) is 3.64. The number of piperidine rings is 1. The van der Waals surface area contributed by atoms with E-state index in [9.17, 15) is 9.59 Å². The van der Waals surface area contributed by atoms with Gasteiger partial charge in [-0.1, -0.05) is 24.3 Å². The van der Waals surface area contributed by atoms with Gasteiger partial charge < -0.3 is 14.2 Å². The summed E-state index contributed by atoms with van der Waals surface area (Å²) in [6.45, 7) is 6.61. The van der Waals surface area contributed by atoms with Crippen molar-refractivity contribution in [2.75, 3.05) is 13.1 Å². The van der Waals surface area contributed by atoms with Crippen LogP contribution in [-0.2, 0) is 20.1 Å². The maximum Gasteiger partial charge on any atom is 0.332 e. The molecule has 1 aliphatic carbocycles. The van der Waals surface area contributed by atoms with E-state index in [-0.39, 0.29) is 17.4 Å². The average molecular weight is 462 g/mol. The molecule has 0 spiro atoms. The highest BCUT2D eigenvalue weighted by Crippen LogP contribution is 2.28. The van der Waals surface area contributed by atoms with Crippen LogP contribution in [0.1, 0.15) is 44.5 Å². The second-order valence-corrected chi connectivity index (χ2v) is 8.88. The summed E-state index contributed by atoms with van der Waals surface area (Å²) in [5.41, 5.74) is 2.75. The molecule has 34 heavy (non-hydrogen) atoms. The minimum atomic E-state index is -0.318. The van der Waals surface area contributed by atoms with Gasteiger partial charge in [0.2, 0.25) is 0 Å². The molecule has 5 rings (SSSR count). The second kappa shape index (κ2) is 9.00. The van der Waals surface area contributed by atoms with Crippen molar-refractivity contribution in [2.24, 2.45) is 7.05 Å². The summed E-state index contributed by atoms with van der Waals surface area (Å²) in [6, 6.07) is 8.04. The van der Waals surface area contributed by atoms with E-state index in [4.69, 9.17) is 4.74 Å². The van der Waals surface area contributed by atoms with Crippen molar-refractivity contribution >= 4 is 23.3 Å². The zero-order valence-corrected chi connectivity index (χ0v) is 20.0. The van der Waals surface area contributed by atoms with Gasteiger partial charge in [-0.25, -0.2) is 9.78 Å². The van der Waals surface area contributed by atoms with Crippen molar-refractivity contribution in [1.82, 2.24) is 23.6 Å². The van der Waals surface area contributed by atoms with Crippen molar-refractivity contribution in [3.05, 3.63) is 68.3 Å². The van der Waals surface area contributed by atoms with Gasteiger partial charge in [0.15, 0.2) is 11.2 Å². The van der Waals surface area contributed by atoms with Gasteiger partial charge in [0.05, 0.1) is 0 Å². The Morgan fingerprint density at radius 2 is 1.71 bits per heavy atom. The van der Waals surface area contributed by atoms with Crippen LogP contribution >= 0.6 is 0 Å². The summed E-state index contributed by atoms with van der Waals surface area (Å²) in [7, 11) is 1.81. The van der Waals surface area contributed by atoms with Crippen LogP contribution in [0.25, 0.3) is 23.3 Å². The van der Waals surface area contributed by atoms with Crippen LogP contribution in [-0.4, -0.2) is 42.8 Å². The third kappa shape index (κ3) is 4.08. The van der Waals surface area contributed by atoms with Crippen LogP contribution in [0.15, 0.2) is 45.6 Å². The van der Waals surface area contributed by atoms with Gasteiger partial charge in [-0.2, -0.15) is 0 Å². The lowest BCUT2D eigenvalue weighted by molar-refractivity contribution is 0.119. The SMILES string of the molecule is CCn1c(=O)c2c(nc(/C=C/c3ccc(OC4CCN(C5=CC5)CC4)cc3)n2C)n(CC)c1=O. The smallest absolute Gasteiger partial charge is 0.332 e. The fourth-order valence-electron chi connectivity index (χ4n) is 4.68. The molecule has 0 saturated carbocycles. The Kier molecular flexibility index (Phi) is 5.89. The first-order chi connectivity index (χ1) is 16.5. The zero-order chi connectivity index (χ0) is 23.8. The molecule has 1 aliphatic heterocycles. The van der Waals surface area contributed by atoms with Gasteiger partial charge in [0.25, 0.3) is 5.56 Å². The molecule has 0 bridgehead atoms. The summed E-state index contributed by atoms with van der Waals surface area (Å²) in [4.78, 5) is 32.6. The van der Waals surface area contributed by atoms with Crippen LogP contribution in [0, 0.1) is 0 Å². The summed E-state index contributed by atoms with van der Waals surface area (Å²) in [5, 5.41) is 0. The predicted octanol–water partition coefficient (Wildman–Crippen LogP) is 3.24. The topological polar surface area (TPSA) is 74.3 Å². The summed E-state index contributed by atoms with van der Waals surface area (Å²) < 4.78 is 10.8. The summed E-state index contributed by atoms with van der Waals surface area (Å²) in [5.74, 6) is 1.51. The van der Waals surface area contributed by atoms with E-state index in [2.05, 4.69) is 16.0 Å². The Balaban J connectivity index is 1.32. The highest BCUT2D eigenvalue weighted by atomic mass is 16.5. The van der Waals surface area contributed by atoms with E-state index in [1.807, 2.05) is 50.4 Å². The maximum absolute atomic E-state index is 12.9. The largest absolute Gasteiger partial charge is 0.490 e. The molecule has 0 N–H and O–H groups in total. The minimum Gasteiger partial charge on any atom is -0.490 e. The van der Waals surface area contributed by atoms with E-state index in [0.29, 0.717) is 30.1 Å². The van der Waals surface area contributed by atoms with Crippen molar-refractivity contribution < 1.29 is 4.74 Å². The first kappa shape index (κ1) is 22.3. The molecule has 1 saturated heterocycles. The molecule has 0 atom stereocenters. The molecule has 3 aromatic rings. The Hall–Kier alpha value is -3.55. The standard InChI is InChI=1S/C26H31N5O3/c1-4-30-24-23(25(32)31(5-2)26(30)33)28(3)22(27-24)13-8-18-6-11-20(12-7-18)34-21-14-16-29(17-15-21)19-9-10-19/h6-9,11-13,21H,4-5,10,14-17H2,1-3H3/b13-8+. The minimum absolute atomic E-state index is 0.264. The Morgan fingerprint density at radius 3 is 2.32 bits per heavy atom. The first-order valence-electron chi connectivity index (χ1n) is 12.1. The fraction of sp³-hybridized carbons (Fsp3) is 0.423. The molecule has 178 valence electrons. The lowest BCUT2D eigenvalue weighted by Gasteiger charge is -2.32. The number of likely N-dealkylation sites (tertiary alicyclic amines) is 1. The number of hydrogen-bond acceptors (Lipinski definition) is 5. The number of aromatic nitrogens is 4. The molecule has 0 radical (unpaired) electrons. The Bertz CT molecular complexity index is 1380. The van der Waals surface area contributed by atoms with E-state index in [1.54, 1.807) is 16.1 Å². The highest BCUT2D eigenvalue weighted by molar-refractivity contribution is 5.76. The van der Waals surface area contributed by atoms with E-state index in [0.717, 1.165) is 43.7 Å². The molecule has 1 fully saturated rings. The number of rotatable bonds is 7. The van der Waals surface area contributed by atoms with Crippen molar-refractivity contribution in [2.45, 2.75) is 52.3 Å². The number of imidazole rings is 1. The van der Waals surface area contributed by atoms with E-state index < -0.39 is 0 Å². The van der Waals surface area contributed by atoms with Gasteiger partial charge in [0, 0.05) is 58.2 Å². The zero-order valence-electron chi connectivity index (χ0n) is 20.0. The molecular formula is C26H31N5O3. The van der Waals surface area contributed by atoms with Crippen molar-refractivity contribution in [1.29, 1.82) is 0 Å². The van der Waals surface area contributed by atoms with Crippen LogP contribution in [0.4, 0.5) is 0 Å². The molecular weight excluding hydrogens is 430 g/mol. The number of hydrogen-bond donors (Lipinski definition) is 0. The molecule has 3 heterocycles. The number of aryl methyl sites for hydroxylation is 2. The highest BCUT2D eigenvalue weighted by Gasteiger charge is 2.24. The molecule has 8 heteroatoms. The molecule has 0 unspecified atom stereocenters.